The summed E-state index contributed by atoms with van der Waals surface area (Å²) in [4.78, 5) is 23.8. The quantitative estimate of drug-likeness (QED) is 0.834. The lowest BCUT2D eigenvalue weighted by Gasteiger charge is -2.08. The van der Waals surface area contributed by atoms with Crippen LogP contribution in [0.5, 0.6) is 0 Å². The Morgan fingerprint density at radius 1 is 0.958 bits per heavy atom. The average Bonchev–Trinajstić information content (AvgIpc) is 2.53. The Kier molecular flexibility index (Phi) is 6.03. The van der Waals surface area contributed by atoms with Crippen molar-refractivity contribution in [3.63, 3.8) is 0 Å². The van der Waals surface area contributed by atoms with Crippen molar-refractivity contribution in [2.45, 2.75) is 17.5 Å². The van der Waals surface area contributed by atoms with Crippen molar-refractivity contribution >= 4 is 23.6 Å². The zero-order valence-electron chi connectivity index (χ0n) is 12.5. The van der Waals surface area contributed by atoms with Gasteiger partial charge in [0.25, 0.3) is 0 Å². The third-order valence-corrected chi connectivity index (χ3v) is 4.01. The van der Waals surface area contributed by atoms with Crippen LogP contribution in [0.2, 0.25) is 0 Å². The highest BCUT2D eigenvalue weighted by Gasteiger charge is 2.30. The van der Waals surface area contributed by atoms with Gasteiger partial charge in [0.2, 0.25) is 11.8 Å². The van der Waals surface area contributed by atoms with Crippen molar-refractivity contribution in [1.82, 2.24) is 5.32 Å². The fourth-order valence-electron chi connectivity index (χ4n) is 1.93. The highest BCUT2D eigenvalue weighted by atomic mass is 32.2. The zero-order chi connectivity index (χ0) is 17.6. The second kappa shape index (κ2) is 8.01. The first-order valence-corrected chi connectivity index (χ1v) is 8.00. The van der Waals surface area contributed by atoms with E-state index in [1.165, 1.54) is 12.1 Å². The van der Waals surface area contributed by atoms with Crippen LogP contribution < -0.4 is 5.32 Å². The second-order valence-corrected chi connectivity index (χ2v) is 6.00. The number of rotatable bonds is 5. The smallest absolute Gasteiger partial charge is 0.295 e. The first-order chi connectivity index (χ1) is 11.3. The fourth-order valence-corrected chi connectivity index (χ4v) is 2.68. The molecule has 0 radical (unpaired) electrons. The number of amides is 2. The van der Waals surface area contributed by atoms with Gasteiger partial charge in [0.05, 0.1) is 17.7 Å². The molecular weight excluding hydrogens is 339 g/mol. The molecule has 2 aromatic carbocycles. The van der Waals surface area contributed by atoms with Gasteiger partial charge in [0, 0.05) is 4.90 Å². The molecule has 0 heterocycles. The Bertz CT molecular complexity index is 717. The lowest BCUT2D eigenvalue weighted by Crippen LogP contribution is -2.33. The maximum absolute atomic E-state index is 12.6. The maximum Gasteiger partial charge on any atom is 0.416 e. The number of alkyl halides is 3. The molecule has 0 aliphatic heterocycles. The highest BCUT2D eigenvalue weighted by molar-refractivity contribution is 8.00. The number of imide groups is 1. The second-order valence-electron chi connectivity index (χ2n) is 4.95. The summed E-state index contributed by atoms with van der Waals surface area (Å²) >= 11 is 0.943. The molecule has 0 aliphatic rings. The molecule has 1 N–H and O–H groups in total. The standard InChI is InChI=1S/C17H14F3NO2S/c18-17(19,20)13-7-4-8-14(10-13)24-11-16(23)21-15(22)9-12-5-2-1-3-6-12/h1-8,10H,9,11H2,(H,21,22,23). The Morgan fingerprint density at radius 2 is 1.67 bits per heavy atom. The molecule has 0 atom stereocenters. The Hall–Kier alpha value is -2.28. The van der Waals surface area contributed by atoms with E-state index in [4.69, 9.17) is 0 Å². The number of carbonyl (C=O) groups excluding carboxylic acids is 2. The van der Waals surface area contributed by atoms with Gasteiger partial charge in [0.15, 0.2) is 0 Å². The molecule has 2 amide bonds. The number of halogens is 3. The average molecular weight is 353 g/mol. The van der Waals surface area contributed by atoms with Crippen LogP contribution in [0, 0.1) is 0 Å². The molecule has 7 heteroatoms. The molecule has 2 aromatic rings. The van der Waals surface area contributed by atoms with Gasteiger partial charge in [-0.15, -0.1) is 11.8 Å². The maximum atomic E-state index is 12.6. The van der Waals surface area contributed by atoms with E-state index in [0.717, 1.165) is 29.5 Å². The summed E-state index contributed by atoms with van der Waals surface area (Å²) in [5.74, 6) is -1.13. The first-order valence-electron chi connectivity index (χ1n) is 7.01. The molecule has 2 rings (SSSR count). The third kappa shape index (κ3) is 5.73. The highest BCUT2D eigenvalue weighted by Crippen LogP contribution is 2.31. The fraction of sp³-hybridized carbons (Fsp3) is 0.176. The molecule has 0 spiro atoms. The van der Waals surface area contributed by atoms with Crippen molar-refractivity contribution in [2.75, 3.05) is 5.75 Å². The summed E-state index contributed by atoms with van der Waals surface area (Å²) < 4.78 is 37.8. The van der Waals surface area contributed by atoms with Crippen LogP contribution in [0.15, 0.2) is 59.5 Å². The normalized spacial score (nSPS) is 11.1. The Morgan fingerprint density at radius 3 is 2.33 bits per heavy atom. The van der Waals surface area contributed by atoms with Crippen LogP contribution in [-0.4, -0.2) is 17.6 Å². The van der Waals surface area contributed by atoms with Crippen LogP contribution in [0.1, 0.15) is 11.1 Å². The van der Waals surface area contributed by atoms with E-state index in [2.05, 4.69) is 5.32 Å². The molecule has 0 bridgehead atoms. The third-order valence-electron chi connectivity index (χ3n) is 3.02. The molecule has 3 nitrogen and oxygen atoms in total. The van der Waals surface area contributed by atoms with Crippen molar-refractivity contribution in [3.8, 4) is 0 Å². The zero-order valence-corrected chi connectivity index (χ0v) is 13.3. The molecule has 0 saturated carbocycles. The number of hydrogen-bond donors (Lipinski definition) is 1. The number of carbonyl (C=O) groups is 2. The monoisotopic (exact) mass is 353 g/mol. The molecule has 0 aliphatic carbocycles. The number of thioether (sulfide) groups is 1. The Balaban J connectivity index is 1.84. The van der Waals surface area contributed by atoms with Crippen LogP contribution in [0.4, 0.5) is 13.2 Å². The SMILES string of the molecule is O=C(CSc1cccc(C(F)(F)F)c1)NC(=O)Cc1ccccc1. The molecule has 0 unspecified atom stereocenters. The van der Waals surface area contributed by atoms with E-state index in [-0.39, 0.29) is 12.2 Å². The number of hydrogen-bond acceptors (Lipinski definition) is 3. The van der Waals surface area contributed by atoms with Crippen molar-refractivity contribution in [2.24, 2.45) is 0 Å². The van der Waals surface area contributed by atoms with Crippen LogP contribution >= 0.6 is 11.8 Å². The minimum absolute atomic E-state index is 0.0702. The molecule has 126 valence electrons. The summed E-state index contributed by atoms with van der Waals surface area (Å²) in [6.07, 6.45) is -4.36. The van der Waals surface area contributed by atoms with Gasteiger partial charge in [-0.05, 0) is 23.8 Å². The van der Waals surface area contributed by atoms with Gasteiger partial charge in [-0.25, -0.2) is 0 Å². The van der Waals surface area contributed by atoms with Gasteiger partial charge in [0.1, 0.15) is 0 Å². The predicted molar refractivity (Wildman–Crippen MR) is 85.5 cm³/mol. The minimum atomic E-state index is -4.43. The molecular formula is C17H14F3NO2S. The summed E-state index contributed by atoms with van der Waals surface area (Å²) in [6.45, 7) is 0. The van der Waals surface area contributed by atoms with E-state index >= 15 is 0 Å². The molecule has 0 aromatic heterocycles. The summed E-state index contributed by atoms with van der Waals surface area (Å²) in [7, 11) is 0. The topological polar surface area (TPSA) is 46.2 Å². The van der Waals surface area contributed by atoms with Crippen molar-refractivity contribution in [1.29, 1.82) is 0 Å². The molecule has 0 fully saturated rings. The Labute approximate surface area is 141 Å². The largest absolute Gasteiger partial charge is 0.416 e. The van der Waals surface area contributed by atoms with E-state index < -0.39 is 23.6 Å². The first kappa shape index (κ1) is 18.1. The predicted octanol–water partition coefficient (Wildman–Crippen LogP) is 3.68. The van der Waals surface area contributed by atoms with E-state index in [1.54, 1.807) is 24.3 Å². The van der Waals surface area contributed by atoms with Crippen molar-refractivity contribution in [3.05, 3.63) is 65.7 Å². The van der Waals surface area contributed by atoms with Gasteiger partial charge < -0.3 is 0 Å². The van der Waals surface area contributed by atoms with Gasteiger partial charge in [-0.1, -0.05) is 36.4 Å². The van der Waals surface area contributed by atoms with Crippen LogP contribution in [0.3, 0.4) is 0 Å². The van der Waals surface area contributed by atoms with E-state index in [1.807, 2.05) is 6.07 Å². The number of nitrogens with one attached hydrogen (secondary N) is 1. The van der Waals surface area contributed by atoms with E-state index in [9.17, 15) is 22.8 Å². The lowest BCUT2D eigenvalue weighted by molar-refractivity contribution is -0.137. The van der Waals surface area contributed by atoms with Gasteiger partial charge in [-0.2, -0.15) is 13.2 Å². The summed E-state index contributed by atoms with van der Waals surface area (Å²) in [6, 6.07) is 13.6. The van der Waals surface area contributed by atoms with Crippen LogP contribution in [-0.2, 0) is 22.2 Å². The summed E-state index contributed by atoms with van der Waals surface area (Å²) in [5, 5.41) is 2.22. The van der Waals surface area contributed by atoms with Crippen LogP contribution in [0.25, 0.3) is 0 Å². The van der Waals surface area contributed by atoms with Crippen molar-refractivity contribution < 1.29 is 22.8 Å². The number of benzene rings is 2. The summed E-state index contributed by atoms with van der Waals surface area (Å²) in [5.41, 5.74) is 0.00129. The minimum Gasteiger partial charge on any atom is -0.295 e. The van der Waals surface area contributed by atoms with E-state index in [0.29, 0.717) is 4.90 Å². The molecule has 24 heavy (non-hydrogen) atoms. The van der Waals surface area contributed by atoms with Gasteiger partial charge in [-0.3, -0.25) is 14.9 Å². The van der Waals surface area contributed by atoms with Gasteiger partial charge >= 0.3 is 6.18 Å². The molecule has 0 saturated heterocycles. The lowest BCUT2D eigenvalue weighted by atomic mass is 10.1.